The molecule has 0 atom stereocenters. The lowest BCUT2D eigenvalue weighted by atomic mass is 9.47. The summed E-state index contributed by atoms with van der Waals surface area (Å²) in [5.41, 5.74) is 3.62. The zero-order chi connectivity index (χ0) is 17.8. The smallest absolute Gasteiger partial charge is 0.197 e. The summed E-state index contributed by atoms with van der Waals surface area (Å²) < 4.78 is 0.876. The lowest BCUT2D eigenvalue weighted by Gasteiger charge is -2.57. The van der Waals surface area contributed by atoms with Gasteiger partial charge in [0.2, 0.25) is 0 Å². The summed E-state index contributed by atoms with van der Waals surface area (Å²) in [6.45, 7) is 0. The maximum absolute atomic E-state index is 5.06. The van der Waals surface area contributed by atoms with E-state index >= 15 is 0 Å². The van der Waals surface area contributed by atoms with Crippen LogP contribution in [-0.4, -0.2) is 9.97 Å². The zero-order valence-corrected chi connectivity index (χ0v) is 17.9. The molecule has 1 heterocycles. The van der Waals surface area contributed by atoms with E-state index in [2.05, 4.69) is 22.0 Å². The normalized spacial score (nSPS) is 51.9. The molecule has 144 valence electrons. The van der Waals surface area contributed by atoms with Gasteiger partial charge in [-0.2, -0.15) is 0 Å². The van der Waals surface area contributed by atoms with E-state index in [1.807, 2.05) is 0 Å². The standard InChI is InChI=1S/C24H31BrN2/c25-22-26-20(23-8-14-1-15(9-23)3-16(2-14)10-23)7-21(27-22)24-11-17-4-18(12-24)6-19(5-17)13-24/h7,14-19H,1-6,8-13H2. The Bertz CT molecular complexity index is 667. The van der Waals surface area contributed by atoms with E-state index in [0.717, 1.165) is 40.2 Å². The summed E-state index contributed by atoms with van der Waals surface area (Å²) in [7, 11) is 0. The molecule has 0 N–H and O–H groups in total. The topological polar surface area (TPSA) is 25.8 Å². The van der Waals surface area contributed by atoms with Crippen LogP contribution in [0, 0.1) is 35.5 Å². The number of nitrogens with zero attached hydrogens (tertiary/aromatic N) is 2. The van der Waals surface area contributed by atoms with Crippen LogP contribution in [0.15, 0.2) is 10.8 Å². The highest BCUT2D eigenvalue weighted by Crippen LogP contribution is 2.63. The van der Waals surface area contributed by atoms with Crippen molar-refractivity contribution in [1.82, 2.24) is 9.97 Å². The Morgan fingerprint density at radius 3 is 1.19 bits per heavy atom. The Hall–Kier alpha value is -0.440. The molecule has 0 spiro atoms. The lowest BCUT2D eigenvalue weighted by molar-refractivity contribution is -0.0112. The van der Waals surface area contributed by atoms with Crippen molar-refractivity contribution < 1.29 is 0 Å². The fourth-order valence-electron chi connectivity index (χ4n) is 9.81. The molecule has 0 unspecified atom stereocenters. The second kappa shape index (κ2) is 5.37. The van der Waals surface area contributed by atoms with Crippen LogP contribution in [0.1, 0.15) is 88.4 Å². The maximum Gasteiger partial charge on any atom is 0.197 e. The van der Waals surface area contributed by atoms with Gasteiger partial charge in [0.15, 0.2) is 4.73 Å². The van der Waals surface area contributed by atoms with Gasteiger partial charge in [0.05, 0.1) is 11.4 Å². The highest BCUT2D eigenvalue weighted by atomic mass is 79.9. The summed E-state index contributed by atoms with van der Waals surface area (Å²) in [6, 6.07) is 2.53. The average molecular weight is 427 g/mol. The van der Waals surface area contributed by atoms with Gasteiger partial charge < -0.3 is 0 Å². The first-order chi connectivity index (χ1) is 13.1. The Balaban J connectivity index is 1.31. The minimum absolute atomic E-state index is 0.386. The van der Waals surface area contributed by atoms with Crippen LogP contribution in [0.3, 0.4) is 0 Å². The molecule has 0 aromatic carbocycles. The third kappa shape index (κ3) is 2.36. The Kier molecular flexibility index (Phi) is 3.26. The molecule has 1 aromatic rings. The minimum atomic E-state index is 0.386. The molecule has 0 saturated heterocycles. The molecule has 1 aromatic heterocycles. The highest BCUT2D eigenvalue weighted by Gasteiger charge is 2.55. The van der Waals surface area contributed by atoms with Crippen LogP contribution in [0.4, 0.5) is 0 Å². The first kappa shape index (κ1) is 16.4. The number of aromatic nitrogens is 2. The van der Waals surface area contributed by atoms with Crippen LogP contribution in [-0.2, 0) is 10.8 Å². The van der Waals surface area contributed by atoms with Crippen molar-refractivity contribution >= 4 is 15.9 Å². The molecular weight excluding hydrogens is 396 g/mol. The van der Waals surface area contributed by atoms with E-state index in [1.165, 1.54) is 88.4 Å². The Morgan fingerprint density at radius 1 is 0.593 bits per heavy atom. The fourth-order valence-corrected chi connectivity index (χ4v) is 10.2. The molecule has 2 nitrogen and oxygen atoms in total. The fraction of sp³-hybridized carbons (Fsp3) is 0.833. The molecule has 8 saturated carbocycles. The van der Waals surface area contributed by atoms with E-state index in [4.69, 9.17) is 9.97 Å². The highest BCUT2D eigenvalue weighted by molar-refractivity contribution is 9.10. The molecule has 0 radical (unpaired) electrons. The van der Waals surface area contributed by atoms with Crippen LogP contribution in [0.2, 0.25) is 0 Å². The zero-order valence-electron chi connectivity index (χ0n) is 16.3. The van der Waals surface area contributed by atoms with Crippen molar-refractivity contribution in [2.75, 3.05) is 0 Å². The van der Waals surface area contributed by atoms with E-state index in [9.17, 15) is 0 Å². The van der Waals surface area contributed by atoms with Gasteiger partial charge in [0, 0.05) is 10.8 Å². The van der Waals surface area contributed by atoms with Gasteiger partial charge in [-0.1, -0.05) is 0 Å². The van der Waals surface area contributed by atoms with Gasteiger partial charge in [-0.25, -0.2) is 9.97 Å². The van der Waals surface area contributed by atoms with E-state index in [0.29, 0.717) is 10.8 Å². The molecule has 0 aliphatic heterocycles. The molecule has 8 aliphatic carbocycles. The van der Waals surface area contributed by atoms with E-state index in [1.54, 1.807) is 0 Å². The summed E-state index contributed by atoms with van der Waals surface area (Å²) in [5, 5.41) is 0. The SMILES string of the molecule is Brc1nc(C23CC4CC(CC(C4)C2)C3)cc(C23CC4CC(CC(C4)C2)C3)n1. The minimum Gasteiger partial charge on any atom is -0.227 e. The first-order valence-electron chi connectivity index (χ1n) is 11.6. The largest absolute Gasteiger partial charge is 0.227 e. The molecule has 9 rings (SSSR count). The van der Waals surface area contributed by atoms with Gasteiger partial charge in [-0.05, 0) is 135 Å². The van der Waals surface area contributed by atoms with Crippen molar-refractivity contribution in [1.29, 1.82) is 0 Å². The number of rotatable bonds is 2. The third-order valence-corrected chi connectivity index (χ3v) is 10.2. The predicted octanol–water partition coefficient (Wildman–Crippen LogP) is 6.17. The van der Waals surface area contributed by atoms with Crippen LogP contribution in [0.5, 0.6) is 0 Å². The number of hydrogen-bond acceptors (Lipinski definition) is 2. The van der Waals surface area contributed by atoms with Crippen molar-refractivity contribution in [2.24, 2.45) is 35.5 Å². The molecule has 3 heteroatoms. The lowest BCUT2D eigenvalue weighted by Crippen LogP contribution is -2.50. The Labute approximate surface area is 171 Å². The second-order valence-corrected chi connectivity index (χ2v) is 12.5. The molecule has 8 aliphatic rings. The summed E-state index contributed by atoms with van der Waals surface area (Å²) in [5.74, 6) is 5.88. The first-order valence-corrected chi connectivity index (χ1v) is 12.4. The Morgan fingerprint density at radius 2 is 0.889 bits per heavy atom. The van der Waals surface area contributed by atoms with E-state index in [-0.39, 0.29) is 0 Å². The van der Waals surface area contributed by atoms with Crippen molar-refractivity contribution in [3.8, 4) is 0 Å². The summed E-state index contributed by atoms with van der Waals surface area (Å²) in [6.07, 6.45) is 17.5. The molecule has 8 fully saturated rings. The van der Waals surface area contributed by atoms with Crippen LogP contribution < -0.4 is 0 Å². The van der Waals surface area contributed by atoms with Gasteiger partial charge in [-0.15, -0.1) is 0 Å². The quantitative estimate of drug-likeness (QED) is 0.527. The monoisotopic (exact) mass is 426 g/mol. The molecular formula is C24H31BrN2. The second-order valence-electron chi connectivity index (χ2n) is 11.8. The molecule has 27 heavy (non-hydrogen) atoms. The number of halogens is 1. The third-order valence-electron chi connectivity index (χ3n) is 9.86. The number of hydrogen-bond donors (Lipinski definition) is 0. The average Bonchev–Trinajstić information content (AvgIpc) is 2.59. The van der Waals surface area contributed by atoms with Crippen molar-refractivity contribution in [3.63, 3.8) is 0 Å². The van der Waals surface area contributed by atoms with Gasteiger partial charge in [-0.3, -0.25) is 0 Å². The predicted molar refractivity (Wildman–Crippen MR) is 109 cm³/mol. The van der Waals surface area contributed by atoms with Crippen molar-refractivity contribution in [2.45, 2.75) is 87.9 Å². The van der Waals surface area contributed by atoms with Crippen molar-refractivity contribution in [3.05, 3.63) is 22.2 Å². The van der Waals surface area contributed by atoms with E-state index < -0.39 is 0 Å². The molecule has 8 bridgehead atoms. The summed E-state index contributed by atoms with van der Waals surface area (Å²) in [4.78, 5) is 10.1. The van der Waals surface area contributed by atoms with Crippen LogP contribution in [0.25, 0.3) is 0 Å². The van der Waals surface area contributed by atoms with Gasteiger partial charge in [0.1, 0.15) is 0 Å². The van der Waals surface area contributed by atoms with Gasteiger partial charge in [0.25, 0.3) is 0 Å². The van der Waals surface area contributed by atoms with Gasteiger partial charge >= 0.3 is 0 Å². The van der Waals surface area contributed by atoms with Crippen LogP contribution >= 0.6 is 15.9 Å². The summed E-state index contributed by atoms with van der Waals surface area (Å²) >= 11 is 3.75. The molecule has 0 amide bonds. The maximum atomic E-state index is 5.06.